The molecular weight excluding hydrogens is 418 g/mol. The Morgan fingerprint density at radius 3 is 2.71 bits per heavy atom. The SMILES string of the molecule is Cc1ccc(-c2noc(C(=O)N3CCCCC3)n2)cc1S(=O)(=O)NCc1ccccn1. The quantitative estimate of drug-likeness (QED) is 0.624. The Hall–Kier alpha value is -3.11. The lowest BCUT2D eigenvalue weighted by atomic mass is 10.1. The van der Waals surface area contributed by atoms with Gasteiger partial charge in [0, 0.05) is 24.8 Å². The third kappa shape index (κ3) is 4.80. The van der Waals surface area contributed by atoms with Crippen molar-refractivity contribution >= 4 is 15.9 Å². The Balaban J connectivity index is 1.55. The molecule has 0 atom stereocenters. The fraction of sp³-hybridized carbons (Fsp3) is 0.333. The van der Waals surface area contributed by atoms with Crippen molar-refractivity contribution in [3.05, 3.63) is 59.7 Å². The molecule has 1 amide bonds. The second-order valence-corrected chi connectivity index (χ2v) is 9.14. The highest BCUT2D eigenvalue weighted by Crippen LogP contribution is 2.24. The van der Waals surface area contributed by atoms with Crippen molar-refractivity contribution in [2.45, 2.75) is 37.6 Å². The monoisotopic (exact) mass is 441 g/mol. The van der Waals surface area contributed by atoms with Gasteiger partial charge >= 0.3 is 11.8 Å². The van der Waals surface area contributed by atoms with Crippen LogP contribution >= 0.6 is 0 Å². The lowest BCUT2D eigenvalue weighted by molar-refractivity contribution is 0.0674. The Kier molecular flexibility index (Phi) is 6.10. The topological polar surface area (TPSA) is 118 Å². The summed E-state index contributed by atoms with van der Waals surface area (Å²) in [5.41, 5.74) is 1.63. The summed E-state index contributed by atoms with van der Waals surface area (Å²) in [5, 5.41) is 3.89. The number of carbonyl (C=O) groups is 1. The van der Waals surface area contributed by atoms with E-state index in [1.807, 2.05) is 0 Å². The number of benzene rings is 1. The van der Waals surface area contributed by atoms with Gasteiger partial charge in [-0.3, -0.25) is 9.78 Å². The molecule has 1 N–H and O–H groups in total. The maximum Gasteiger partial charge on any atom is 0.316 e. The van der Waals surface area contributed by atoms with Gasteiger partial charge in [0.25, 0.3) is 0 Å². The standard InChI is InChI=1S/C21H23N5O4S/c1-15-8-9-16(13-18(15)31(28,29)23-14-17-7-3-4-10-22-17)19-24-20(30-25-19)21(27)26-11-5-2-6-12-26/h3-4,7-10,13,23H,2,5-6,11-12,14H2,1H3. The van der Waals surface area contributed by atoms with Crippen LogP contribution in [0.3, 0.4) is 0 Å². The molecule has 0 aliphatic carbocycles. The number of likely N-dealkylation sites (tertiary alicyclic amines) is 1. The predicted molar refractivity (Wildman–Crippen MR) is 112 cm³/mol. The molecule has 0 saturated carbocycles. The summed E-state index contributed by atoms with van der Waals surface area (Å²) < 4.78 is 33.5. The minimum absolute atomic E-state index is 0.0730. The number of sulfonamides is 1. The Morgan fingerprint density at radius 2 is 1.97 bits per heavy atom. The molecule has 31 heavy (non-hydrogen) atoms. The number of hydrogen-bond donors (Lipinski definition) is 1. The number of hydrogen-bond acceptors (Lipinski definition) is 7. The van der Waals surface area contributed by atoms with Gasteiger partial charge in [0.2, 0.25) is 15.8 Å². The Labute approximate surface area is 180 Å². The summed E-state index contributed by atoms with van der Waals surface area (Å²) in [6, 6.07) is 10.2. The highest BCUT2D eigenvalue weighted by Gasteiger charge is 2.25. The van der Waals surface area contributed by atoms with Crippen molar-refractivity contribution < 1.29 is 17.7 Å². The summed E-state index contributed by atoms with van der Waals surface area (Å²) in [6.45, 7) is 3.13. The van der Waals surface area contributed by atoms with E-state index in [1.165, 1.54) is 6.07 Å². The third-order valence-corrected chi connectivity index (χ3v) is 6.70. The molecule has 10 heteroatoms. The van der Waals surface area contributed by atoms with Crippen LogP contribution in [-0.4, -0.2) is 47.4 Å². The van der Waals surface area contributed by atoms with Gasteiger partial charge in [-0.05, 0) is 49.9 Å². The molecule has 3 heterocycles. The van der Waals surface area contributed by atoms with Crippen LogP contribution in [0.4, 0.5) is 0 Å². The molecule has 0 radical (unpaired) electrons. The fourth-order valence-corrected chi connectivity index (χ4v) is 4.71. The van der Waals surface area contributed by atoms with Gasteiger partial charge in [-0.1, -0.05) is 23.4 Å². The molecule has 2 aromatic heterocycles. The number of nitrogens with one attached hydrogen (secondary N) is 1. The van der Waals surface area contributed by atoms with Crippen LogP contribution in [-0.2, 0) is 16.6 Å². The van der Waals surface area contributed by atoms with Crippen molar-refractivity contribution in [2.75, 3.05) is 13.1 Å². The van der Waals surface area contributed by atoms with Gasteiger partial charge < -0.3 is 9.42 Å². The molecule has 4 rings (SSSR count). The van der Waals surface area contributed by atoms with Crippen molar-refractivity contribution in [1.29, 1.82) is 0 Å². The highest BCUT2D eigenvalue weighted by molar-refractivity contribution is 7.89. The largest absolute Gasteiger partial charge is 0.334 e. The minimum atomic E-state index is -3.80. The van der Waals surface area contributed by atoms with Gasteiger partial charge in [-0.25, -0.2) is 13.1 Å². The van der Waals surface area contributed by atoms with Crippen LogP contribution in [0.25, 0.3) is 11.4 Å². The fourth-order valence-electron chi connectivity index (χ4n) is 3.44. The molecule has 162 valence electrons. The average Bonchev–Trinajstić information content (AvgIpc) is 3.29. The van der Waals surface area contributed by atoms with Crippen molar-refractivity contribution in [3.8, 4) is 11.4 Å². The number of rotatable bonds is 6. The number of aryl methyl sites for hydroxylation is 1. The van der Waals surface area contributed by atoms with E-state index in [2.05, 4.69) is 19.8 Å². The molecule has 1 saturated heterocycles. The first kappa shape index (κ1) is 21.1. The van der Waals surface area contributed by atoms with Gasteiger partial charge in [0.1, 0.15) is 0 Å². The number of pyridine rings is 1. The number of piperidine rings is 1. The number of carbonyl (C=O) groups excluding carboxylic acids is 1. The van der Waals surface area contributed by atoms with E-state index in [4.69, 9.17) is 4.52 Å². The van der Waals surface area contributed by atoms with Crippen molar-refractivity contribution in [2.24, 2.45) is 0 Å². The van der Waals surface area contributed by atoms with E-state index >= 15 is 0 Å². The average molecular weight is 442 g/mol. The number of amides is 1. The van der Waals surface area contributed by atoms with Crippen molar-refractivity contribution in [1.82, 2.24) is 24.7 Å². The zero-order valence-electron chi connectivity index (χ0n) is 17.1. The lowest BCUT2D eigenvalue weighted by Gasteiger charge is -2.24. The van der Waals surface area contributed by atoms with Gasteiger partial charge in [-0.15, -0.1) is 0 Å². The first-order chi connectivity index (χ1) is 14.9. The van der Waals surface area contributed by atoms with Gasteiger partial charge in [0.05, 0.1) is 17.1 Å². The van der Waals surface area contributed by atoms with Gasteiger partial charge in [-0.2, -0.15) is 4.98 Å². The maximum absolute atomic E-state index is 12.9. The zero-order valence-corrected chi connectivity index (χ0v) is 17.9. The normalized spacial score (nSPS) is 14.5. The molecule has 0 bridgehead atoms. The molecule has 0 spiro atoms. The van der Waals surface area contributed by atoms with Crippen molar-refractivity contribution in [3.63, 3.8) is 0 Å². The smallest absolute Gasteiger partial charge is 0.316 e. The zero-order chi connectivity index (χ0) is 21.8. The summed E-state index contributed by atoms with van der Waals surface area (Å²) in [5.74, 6) is -0.216. The van der Waals surface area contributed by atoms with E-state index in [9.17, 15) is 13.2 Å². The van der Waals surface area contributed by atoms with E-state index in [-0.39, 0.29) is 29.1 Å². The van der Waals surface area contributed by atoms with E-state index in [0.717, 1.165) is 19.3 Å². The van der Waals surface area contributed by atoms with Crippen LogP contribution in [0.15, 0.2) is 52.0 Å². The summed E-state index contributed by atoms with van der Waals surface area (Å²) in [7, 11) is -3.80. The first-order valence-electron chi connectivity index (χ1n) is 10.1. The van der Waals surface area contributed by atoms with E-state index in [0.29, 0.717) is 29.9 Å². The Morgan fingerprint density at radius 1 is 1.16 bits per heavy atom. The van der Waals surface area contributed by atoms with Crippen LogP contribution in [0, 0.1) is 6.92 Å². The molecule has 3 aromatic rings. The van der Waals surface area contributed by atoms with Crippen LogP contribution in [0.2, 0.25) is 0 Å². The molecule has 1 aliphatic rings. The number of aromatic nitrogens is 3. The molecular formula is C21H23N5O4S. The van der Waals surface area contributed by atoms with Gasteiger partial charge in [0.15, 0.2) is 0 Å². The minimum Gasteiger partial charge on any atom is -0.334 e. The van der Waals surface area contributed by atoms with E-state index in [1.54, 1.807) is 48.4 Å². The molecule has 1 aliphatic heterocycles. The molecule has 9 nitrogen and oxygen atoms in total. The highest BCUT2D eigenvalue weighted by atomic mass is 32.2. The Bertz CT molecular complexity index is 1170. The number of nitrogens with zero attached hydrogens (tertiary/aromatic N) is 4. The lowest BCUT2D eigenvalue weighted by Crippen LogP contribution is -2.35. The van der Waals surface area contributed by atoms with Crippen LogP contribution in [0.5, 0.6) is 0 Å². The van der Waals surface area contributed by atoms with E-state index < -0.39 is 10.0 Å². The first-order valence-corrected chi connectivity index (χ1v) is 11.6. The summed E-state index contributed by atoms with van der Waals surface area (Å²) in [4.78, 5) is 22.7. The maximum atomic E-state index is 12.9. The van der Waals surface area contributed by atoms with Crippen LogP contribution < -0.4 is 4.72 Å². The summed E-state index contributed by atoms with van der Waals surface area (Å²) >= 11 is 0. The summed E-state index contributed by atoms with van der Waals surface area (Å²) in [6.07, 6.45) is 4.62. The second kappa shape index (κ2) is 8.94. The predicted octanol–water partition coefficient (Wildman–Crippen LogP) is 2.54. The second-order valence-electron chi connectivity index (χ2n) is 7.40. The third-order valence-electron chi connectivity index (χ3n) is 5.16. The molecule has 0 unspecified atom stereocenters. The molecule has 1 fully saturated rings. The molecule has 1 aromatic carbocycles. The van der Waals surface area contributed by atoms with Crippen LogP contribution in [0.1, 0.15) is 41.2 Å².